The van der Waals surface area contributed by atoms with E-state index in [1.165, 1.54) is 0 Å². The number of phenols is 1. The molecule has 5 heteroatoms. The Morgan fingerprint density at radius 1 is 1.13 bits per heavy atom. The Hall–Kier alpha value is -2.79. The summed E-state index contributed by atoms with van der Waals surface area (Å²) in [6.45, 7) is 2.34. The molecule has 0 saturated carbocycles. The molecule has 0 spiro atoms. The van der Waals surface area contributed by atoms with Crippen molar-refractivity contribution in [2.75, 3.05) is 0 Å². The summed E-state index contributed by atoms with van der Waals surface area (Å²) >= 11 is 0. The number of fused-ring (bicyclic) bond motifs is 1. The maximum Gasteiger partial charge on any atom is 0.238 e. The second-order valence-corrected chi connectivity index (χ2v) is 5.48. The van der Waals surface area contributed by atoms with E-state index in [0.717, 1.165) is 27.7 Å². The Bertz CT molecular complexity index is 839. The van der Waals surface area contributed by atoms with E-state index in [1.54, 1.807) is 18.2 Å². The van der Waals surface area contributed by atoms with E-state index >= 15 is 0 Å². The first-order valence-electron chi connectivity index (χ1n) is 7.50. The van der Waals surface area contributed by atoms with Gasteiger partial charge >= 0.3 is 0 Å². The van der Waals surface area contributed by atoms with E-state index in [9.17, 15) is 9.90 Å². The summed E-state index contributed by atoms with van der Waals surface area (Å²) < 4.78 is 0. The Balaban J connectivity index is 1.61. The molecule has 5 nitrogen and oxygen atoms in total. The highest BCUT2D eigenvalue weighted by atomic mass is 16.3. The topological polar surface area (TPSA) is 77.2 Å². The van der Waals surface area contributed by atoms with Gasteiger partial charge in [0.1, 0.15) is 5.75 Å². The van der Waals surface area contributed by atoms with Gasteiger partial charge in [0.15, 0.2) is 0 Å². The van der Waals surface area contributed by atoms with E-state index in [4.69, 9.17) is 0 Å². The fraction of sp³-hybridized carbons (Fsp3) is 0.167. The van der Waals surface area contributed by atoms with E-state index in [0.29, 0.717) is 13.0 Å². The average Bonchev–Trinajstić information content (AvgIpc) is 2.85. The molecule has 0 aliphatic rings. The number of hydrogen-bond acceptors (Lipinski definition) is 3. The lowest BCUT2D eigenvalue weighted by Gasteiger charge is -2.08. The molecular weight excluding hydrogens is 290 g/mol. The van der Waals surface area contributed by atoms with Gasteiger partial charge < -0.3 is 10.1 Å². The van der Waals surface area contributed by atoms with Crippen LogP contribution in [0, 0.1) is 6.92 Å². The highest BCUT2D eigenvalue weighted by Crippen LogP contribution is 2.22. The van der Waals surface area contributed by atoms with Crippen molar-refractivity contribution in [2.45, 2.75) is 19.9 Å². The highest BCUT2D eigenvalue weighted by Gasteiger charge is 2.12. The molecule has 3 aromatic rings. The summed E-state index contributed by atoms with van der Waals surface area (Å²) in [5.41, 5.74) is 9.30. The molecule has 4 N–H and O–H groups in total. The fourth-order valence-electron chi connectivity index (χ4n) is 2.67. The molecular formula is C18H19N3O2. The number of aromatic nitrogens is 1. The van der Waals surface area contributed by atoms with Gasteiger partial charge in [0.25, 0.3) is 0 Å². The predicted octanol–water partition coefficient (Wildman–Crippen LogP) is 2.55. The third kappa shape index (κ3) is 3.35. The van der Waals surface area contributed by atoms with Crippen LogP contribution in [0.1, 0.15) is 16.8 Å². The molecule has 0 unspecified atom stereocenters. The maximum absolute atomic E-state index is 12.1. The summed E-state index contributed by atoms with van der Waals surface area (Å²) in [4.78, 5) is 15.4. The highest BCUT2D eigenvalue weighted by molar-refractivity contribution is 5.89. The van der Waals surface area contributed by atoms with Crippen LogP contribution in [-0.4, -0.2) is 16.0 Å². The van der Waals surface area contributed by atoms with Gasteiger partial charge in [0.05, 0.1) is 6.42 Å². The van der Waals surface area contributed by atoms with Gasteiger partial charge in [-0.05, 0) is 24.6 Å². The monoisotopic (exact) mass is 309 g/mol. The lowest BCUT2D eigenvalue weighted by atomic mass is 10.1. The Morgan fingerprint density at radius 3 is 2.70 bits per heavy atom. The van der Waals surface area contributed by atoms with Crippen molar-refractivity contribution in [3.63, 3.8) is 0 Å². The maximum atomic E-state index is 12.1. The van der Waals surface area contributed by atoms with Crippen molar-refractivity contribution in [3.05, 3.63) is 65.4 Å². The van der Waals surface area contributed by atoms with Crippen molar-refractivity contribution >= 4 is 16.8 Å². The molecule has 23 heavy (non-hydrogen) atoms. The average molecular weight is 309 g/mol. The molecule has 1 aromatic heterocycles. The number of nitrogens with one attached hydrogen (secondary N) is 3. The fourth-order valence-corrected chi connectivity index (χ4v) is 2.67. The third-order valence-electron chi connectivity index (χ3n) is 3.86. The van der Waals surface area contributed by atoms with Gasteiger partial charge in [-0.15, -0.1) is 0 Å². The van der Waals surface area contributed by atoms with Gasteiger partial charge in [-0.3, -0.25) is 10.2 Å². The van der Waals surface area contributed by atoms with Crippen LogP contribution in [0.3, 0.4) is 0 Å². The molecule has 0 aliphatic heterocycles. The second-order valence-electron chi connectivity index (χ2n) is 5.48. The number of carbonyl (C=O) groups excluding carboxylic acids is 1. The minimum atomic E-state index is -0.117. The number of phenolic OH excluding ortho intramolecular Hbond substituents is 1. The molecule has 0 bridgehead atoms. The van der Waals surface area contributed by atoms with Gasteiger partial charge in [0, 0.05) is 28.7 Å². The summed E-state index contributed by atoms with van der Waals surface area (Å²) in [5, 5.41) is 10.8. The van der Waals surface area contributed by atoms with Gasteiger partial charge in [-0.1, -0.05) is 36.4 Å². The van der Waals surface area contributed by atoms with Gasteiger partial charge in [0.2, 0.25) is 5.91 Å². The number of aromatic amines is 1. The minimum Gasteiger partial charge on any atom is -0.508 e. The number of amides is 1. The largest absolute Gasteiger partial charge is 0.508 e. The number of benzene rings is 2. The number of aryl methyl sites for hydroxylation is 1. The van der Waals surface area contributed by atoms with Crippen molar-refractivity contribution < 1.29 is 9.90 Å². The summed E-state index contributed by atoms with van der Waals surface area (Å²) in [7, 11) is 0. The molecule has 0 atom stereocenters. The normalized spacial score (nSPS) is 10.8. The molecule has 3 rings (SSSR count). The predicted molar refractivity (Wildman–Crippen MR) is 89.8 cm³/mol. The van der Waals surface area contributed by atoms with Crippen molar-refractivity contribution in [1.82, 2.24) is 15.8 Å². The number of H-pyrrole nitrogens is 1. The smallest absolute Gasteiger partial charge is 0.238 e. The quantitative estimate of drug-likeness (QED) is 0.547. The Kier molecular flexibility index (Phi) is 4.30. The molecule has 0 saturated heterocycles. The van der Waals surface area contributed by atoms with Gasteiger partial charge in [-0.2, -0.15) is 0 Å². The zero-order chi connectivity index (χ0) is 16.2. The first kappa shape index (κ1) is 15.1. The molecule has 2 aromatic carbocycles. The second kappa shape index (κ2) is 6.54. The summed E-state index contributed by atoms with van der Waals surface area (Å²) in [5.74, 6) is 0.0926. The molecule has 0 aliphatic carbocycles. The van der Waals surface area contributed by atoms with Crippen LogP contribution in [0.15, 0.2) is 48.5 Å². The Morgan fingerprint density at radius 2 is 1.87 bits per heavy atom. The zero-order valence-corrected chi connectivity index (χ0v) is 12.9. The molecule has 1 heterocycles. The van der Waals surface area contributed by atoms with Gasteiger partial charge in [-0.25, -0.2) is 5.43 Å². The van der Waals surface area contributed by atoms with Crippen molar-refractivity contribution in [2.24, 2.45) is 0 Å². The standard InChI is InChI=1S/C18H19N3O2/c1-12-15(14-7-3-4-8-16(14)20-12)10-18(23)21-19-11-13-6-2-5-9-17(13)22/h2-9,19-20,22H,10-11H2,1H3,(H,21,23). The van der Waals surface area contributed by atoms with Crippen molar-refractivity contribution in [3.8, 4) is 5.75 Å². The van der Waals surface area contributed by atoms with Crippen LogP contribution in [-0.2, 0) is 17.8 Å². The Labute approximate surface area is 134 Å². The molecule has 1 amide bonds. The summed E-state index contributed by atoms with van der Waals surface area (Å²) in [6, 6.07) is 15.0. The number of carbonyl (C=O) groups is 1. The number of hydrogen-bond donors (Lipinski definition) is 4. The first-order valence-corrected chi connectivity index (χ1v) is 7.50. The lowest BCUT2D eigenvalue weighted by Crippen LogP contribution is -2.37. The van der Waals surface area contributed by atoms with E-state index in [2.05, 4.69) is 15.8 Å². The number of hydrazine groups is 1. The third-order valence-corrected chi connectivity index (χ3v) is 3.86. The zero-order valence-electron chi connectivity index (χ0n) is 12.9. The van der Waals surface area contributed by atoms with Crippen LogP contribution in [0.5, 0.6) is 5.75 Å². The summed E-state index contributed by atoms with van der Waals surface area (Å²) in [6.07, 6.45) is 0.295. The molecule has 118 valence electrons. The first-order chi connectivity index (χ1) is 11.1. The van der Waals surface area contributed by atoms with Crippen LogP contribution >= 0.6 is 0 Å². The van der Waals surface area contributed by atoms with Crippen LogP contribution < -0.4 is 10.9 Å². The molecule has 0 radical (unpaired) electrons. The number of para-hydroxylation sites is 2. The molecule has 0 fully saturated rings. The van der Waals surface area contributed by atoms with E-state index in [1.807, 2.05) is 37.3 Å². The van der Waals surface area contributed by atoms with E-state index < -0.39 is 0 Å². The SMILES string of the molecule is Cc1[nH]c2ccccc2c1CC(=O)NNCc1ccccc1O. The van der Waals surface area contributed by atoms with Crippen LogP contribution in [0.25, 0.3) is 10.9 Å². The minimum absolute atomic E-state index is 0.117. The van der Waals surface area contributed by atoms with Crippen LogP contribution in [0.2, 0.25) is 0 Å². The van der Waals surface area contributed by atoms with Crippen molar-refractivity contribution in [1.29, 1.82) is 0 Å². The lowest BCUT2D eigenvalue weighted by molar-refractivity contribution is -0.121. The van der Waals surface area contributed by atoms with Crippen LogP contribution in [0.4, 0.5) is 0 Å². The number of rotatable bonds is 5. The number of aromatic hydroxyl groups is 1. The van der Waals surface area contributed by atoms with E-state index in [-0.39, 0.29) is 11.7 Å².